The van der Waals surface area contributed by atoms with Crippen LogP contribution in [0.5, 0.6) is 5.75 Å². The maximum atomic E-state index is 12.8. The molecule has 0 bridgehead atoms. The van der Waals surface area contributed by atoms with E-state index in [1.807, 2.05) is 45.2 Å². The topological polar surface area (TPSA) is 88.8 Å². The van der Waals surface area contributed by atoms with Crippen molar-refractivity contribution in [3.63, 3.8) is 0 Å². The summed E-state index contributed by atoms with van der Waals surface area (Å²) in [6.45, 7) is 9.16. The van der Waals surface area contributed by atoms with E-state index in [0.717, 1.165) is 47.3 Å². The highest BCUT2D eigenvalue weighted by Gasteiger charge is 2.72. The molecule has 3 aromatic rings. The van der Waals surface area contributed by atoms with Crippen molar-refractivity contribution in [3.05, 3.63) is 46.9 Å². The van der Waals surface area contributed by atoms with Crippen LogP contribution in [0.25, 0.3) is 16.8 Å². The van der Waals surface area contributed by atoms with E-state index in [-0.39, 0.29) is 41.7 Å². The molecule has 2 saturated heterocycles. The van der Waals surface area contributed by atoms with E-state index in [1.165, 1.54) is 11.2 Å². The fourth-order valence-electron chi connectivity index (χ4n) is 5.92. The number of ether oxygens (including phenoxy) is 1. The fraction of sp³-hybridized carbons (Fsp3) is 0.481. The first-order valence-corrected chi connectivity index (χ1v) is 12.9. The van der Waals surface area contributed by atoms with Crippen molar-refractivity contribution in [1.29, 1.82) is 0 Å². The number of nitrogens with one attached hydrogen (secondary N) is 1. The van der Waals surface area contributed by atoms with E-state index in [9.17, 15) is 9.59 Å². The Kier molecular flexibility index (Phi) is 5.39. The number of halogens is 1. The number of nitrogens with zero attached hydrogens (tertiary/aromatic N) is 4. The van der Waals surface area contributed by atoms with Gasteiger partial charge in [0.2, 0.25) is 11.8 Å². The molecule has 1 aromatic carbocycles. The van der Waals surface area contributed by atoms with Crippen molar-refractivity contribution < 1.29 is 14.3 Å². The molecular formula is C27H30ClN5O3. The second-order valence-corrected chi connectivity index (χ2v) is 11.5. The molecule has 1 saturated carbocycles. The summed E-state index contributed by atoms with van der Waals surface area (Å²) < 4.78 is 8.25. The molecule has 0 spiro atoms. The molecule has 2 aliphatic heterocycles. The van der Waals surface area contributed by atoms with E-state index >= 15 is 0 Å². The van der Waals surface area contributed by atoms with Gasteiger partial charge in [0.15, 0.2) is 0 Å². The Bertz CT molecular complexity index is 1370. The number of likely N-dealkylation sites (tertiary alicyclic amines) is 1. The maximum absolute atomic E-state index is 12.8. The van der Waals surface area contributed by atoms with Crippen LogP contribution in [0.3, 0.4) is 0 Å². The van der Waals surface area contributed by atoms with Gasteiger partial charge >= 0.3 is 0 Å². The summed E-state index contributed by atoms with van der Waals surface area (Å²) in [5.74, 6) is 0.227. The lowest BCUT2D eigenvalue weighted by Crippen LogP contribution is -2.42. The van der Waals surface area contributed by atoms with Crippen molar-refractivity contribution in [2.75, 3.05) is 6.54 Å². The maximum Gasteiger partial charge on any atom is 0.233 e. The minimum Gasteiger partial charge on any atom is -0.488 e. The molecule has 3 fully saturated rings. The molecule has 1 N–H and O–H groups in total. The monoisotopic (exact) mass is 507 g/mol. The number of aromatic nitrogens is 3. The SMILES string of the molecule is Cc1cc(Cl)cc(-c2ncnn3cc(CN4C(=O)C5C(C4=O)C5(C)C)cc23)c1OC1CC[C@@H](C)NC1. The number of aryl methyl sites for hydroxylation is 1. The van der Waals surface area contributed by atoms with E-state index in [4.69, 9.17) is 16.3 Å². The van der Waals surface area contributed by atoms with Crippen LogP contribution in [0, 0.1) is 24.2 Å². The van der Waals surface area contributed by atoms with Gasteiger partial charge in [-0.25, -0.2) is 9.50 Å². The van der Waals surface area contributed by atoms with Crippen LogP contribution in [0.15, 0.2) is 30.7 Å². The highest BCUT2D eigenvalue weighted by molar-refractivity contribution is 6.31. The first-order valence-electron chi connectivity index (χ1n) is 12.5. The van der Waals surface area contributed by atoms with E-state index in [0.29, 0.717) is 16.8 Å². The van der Waals surface area contributed by atoms with Crippen LogP contribution in [-0.2, 0) is 16.1 Å². The van der Waals surface area contributed by atoms with Crippen molar-refractivity contribution >= 4 is 28.9 Å². The zero-order valence-corrected chi connectivity index (χ0v) is 21.7. The quantitative estimate of drug-likeness (QED) is 0.525. The van der Waals surface area contributed by atoms with Gasteiger partial charge in [-0.3, -0.25) is 14.5 Å². The highest BCUT2D eigenvalue weighted by atomic mass is 35.5. The number of piperidine rings is 2. The molecule has 4 atom stereocenters. The number of carbonyl (C=O) groups is 2. The second kappa shape index (κ2) is 8.28. The van der Waals surface area contributed by atoms with Crippen LogP contribution >= 0.6 is 11.6 Å². The average Bonchev–Trinajstić information content (AvgIpc) is 3.08. The van der Waals surface area contributed by atoms with Gasteiger partial charge < -0.3 is 10.1 Å². The minimum absolute atomic E-state index is 0.0582. The van der Waals surface area contributed by atoms with Crippen molar-refractivity contribution in [3.8, 4) is 17.0 Å². The van der Waals surface area contributed by atoms with Crippen molar-refractivity contribution in [2.24, 2.45) is 17.3 Å². The third kappa shape index (κ3) is 3.69. The lowest BCUT2D eigenvalue weighted by atomic mass is 10.0. The Hall–Kier alpha value is -2.97. The molecule has 2 amide bonds. The van der Waals surface area contributed by atoms with Gasteiger partial charge in [-0.2, -0.15) is 5.10 Å². The first kappa shape index (κ1) is 23.4. The number of rotatable bonds is 5. The van der Waals surface area contributed by atoms with Gasteiger partial charge in [-0.15, -0.1) is 0 Å². The lowest BCUT2D eigenvalue weighted by molar-refractivity contribution is -0.143. The van der Waals surface area contributed by atoms with E-state index < -0.39 is 0 Å². The number of fused-ring (bicyclic) bond motifs is 2. The highest BCUT2D eigenvalue weighted by Crippen LogP contribution is 2.63. The van der Waals surface area contributed by atoms with Gasteiger partial charge in [-0.05, 0) is 61.4 Å². The summed E-state index contributed by atoms with van der Waals surface area (Å²) in [6.07, 6.45) is 5.43. The number of benzene rings is 1. The zero-order valence-electron chi connectivity index (χ0n) is 20.9. The summed E-state index contributed by atoms with van der Waals surface area (Å²) in [5, 5.41) is 8.47. The summed E-state index contributed by atoms with van der Waals surface area (Å²) in [4.78, 5) is 31.7. The average molecular weight is 508 g/mol. The predicted octanol–water partition coefficient (Wildman–Crippen LogP) is 4.02. The number of hydrogen-bond acceptors (Lipinski definition) is 6. The summed E-state index contributed by atoms with van der Waals surface area (Å²) in [7, 11) is 0. The first-order chi connectivity index (χ1) is 17.1. The Labute approximate surface area is 215 Å². The molecule has 3 aliphatic rings. The molecule has 0 radical (unpaired) electrons. The molecule has 8 nitrogen and oxygen atoms in total. The number of hydrogen-bond donors (Lipinski definition) is 1. The standard InChI is InChI=1S/C27H30ClN5O3/c1-14-7-17(28)9-19(24(14)36-18-6-5-15(2)29-10-18)23-20-8-16(12-33(20)31-13-30-23)11-32-25(34)21-22(26(32)35)27(21,3)4/h7-9,12-13,15,18,21-22,29H,5-6,10-11H2,1-4H3/t15-,18?,21?,22?/m1/s1. The predicted molar refractivity (Wildman–Crippen MR) is 136 cm³/mol. The van der Waals surface area contributed by atoms with E-state index in [2.05, 4.69) is 22.3 Å². The third-order valence-electron chi connectivity index (χ3n) is 8.09. The summed E-state index contributed by atoms with van der Waals surface area (Å²) >= 11 is 6.48. The largest absolute Gasteiger partial charge is 0.488 e. The Morgan fingerprint density at radius 3 is 2.61 bits per heavy atom. The van der Waals surface area contributed by atoms with Crippen molar-refractivity contribution in [2.45, 2.75) is 59.2 Å². The molecule has 36 heavy (non-hydrogen) atoms. The Morgan fingerprint density at radius 2 is 1.92 bits per heavy atom. The van der Waals surface area contributed by atoms with Gasteiger partial charge in [0, 0.05) is 29.4 Å². The summed E-state index contributed by atoms with van der Waals surface area (Å²) in [5.41, 5.74) is 3.80. The Morgan fingerprint density at radius 1 is 1.17 bits per heavy atom. The van der Waals surface area contributed by atoms with Gasteiger partial charge in [-0.1, -0.05) is 25.4 Å². The lowest BCUT2D eigenvalue weighted by Gasteiger charge is -2.29. The molecule has 6 rings (SSSR count). The fourth-order valence-corrected chi connectivity index (χ4v) is 6.19. The summed E-state index contributed by atoms with van der Waals surface area (Å²) in [6, 6.07) is 6.21. The van der Waals surface area contributed by atoms with Gasteiger partial charge in [0.25, 0.3) is 0 Å². The molecule has 9 heteroatoms. The number of imide groups is 1. The third-order valence-corrected chi connectivity index (χ3v) is 8.31. The molecule has 188 valence electrons. The number of carbonyl (C=O) groups excluding carboxylic acids is 2. The van der Waals surface area contributed by atoms with Crippen LogP contribution in [-0.4, -0.2) is 50.0 Å². The molecule has 1 aliphatic carbocycles. The normalized spacial score (nSPS) is 27.0. The van der Waals surface area contributed by atoms with E-state index in [1.54, 1.807) is 4.52 Å². The second-order valence-electron chi connectivity index (χ2n) is 11.1. The number of amides is 2. The van der Waals surface area contributed by atoms with Crippen molar-refractivity contribution in [1.82, 2.24) is 24.8 Å². The van der Waals surface area contributed by atoms with Crippen LogP contribution in [0.4, 0.5) is 0 Å². The van der Waals surface area contributed by atoms with Crippen LogP contribution in [0.2, 0.25) is 5.02 Å². The Balaban J connectivity index is 1.34. The van der Waals surface area contributed by atoms with Crippen LogP contribution in [0.1, 0.15) is 44.7 Å². The minimum atomic E-state index is -0.221. The van der Waals surface area contributed by atoms with Gasteiger partial charge in [0.1, 0.15) is 23.9 Å². The molecule has 4 heterocycles. The van der Waals surface area contributed by atoms with Gasteiger partial charge in [0.05, 0.1) is 23.9 Å². The smallest absolute Gasteiger partial charge is 0.233 e. The van der Waals surface area contributed by atoms with Crippen LogP contribution < -0.4 is 10.1 Å². The zero-order chi connectivity index (χ0) is 25.4. The molecule has 2 aromatic heterocycles. The molecule has 3 unspecified atom stereocenters. The molecular weight excluding hydrogens is 478 g/mol.